The Bertz CT molecular complexity index is 1960. The van der Waals surface area contributed by atoms with Gasteiger partial charge in [-0.25, -0.2) is 4.79 Å². The number of nitrogens with one attached hydrogen (secondary N) is 1. The van der Waals surface area contributed by atoms with Crippen LogP contribution in [-0.4, -0.2) is 79.0 Å². The van der Waals surface area contributed by atoms with Crippen molar-refractivity contribution >= 4 is 27.7 Å². The number of aromatic nitrogens is 1. The van der Waals surface area contributed by atoms with Crippen LogP contribution in [0.1, 0.15) is 35.4 Å². The number of nitrogens with two attached hydrogens (primary N) is 1. The second-order valence-electron chi connectivity index (χ2n) is 13.0. The summed E-state index contributed by atoms with van der Waals surface area (Å²) in [7, 11) is -2.09. The van der Waals surface area contributed by atoms with Crippen LogP contribution >= 0.6 is 0 Å². The molecule has 4 N–H and O–H groups in total. The Labute approximate surface area is 290 Å². The zero-order valence-electron chi connectivity index (χ0n) is 28.0. The third kappa shape index (κ3) is 7.63. The monoisotopic (exact) mass is 706 g/mol. The van der Waals surface area contributed by atoms with E-state index in [1.165, 1.54) is 55.1 Å². The predicted octanol–water partition coefficient (Wildman–Crippen LogP) is 4.23. The molecule has 1 saturated heterocycles. The molecule has 1 aromatic heterocycles. The van der Waals surface area contributed by atoms with Gasteiger partial charge in [0, 0.05) is 17.7 Å². The molecule has 3 atom stereocenters. The Morgan fingerprint density at radius 1 is 1.06 bits per heavy atom. The fourth-order valence-electron chi connectivity index (χ4n) is 6.79. The highest BCUT2D eigenvalue weighted by Gasteiger charge is 2.41. The van der Waals surface area contributed by atoms with Gasteiger partial charge in [-0.3, -0.25) is 4.79 Å². The highest BCUT2D eigenvalue weighted by Crippen LogP contribution is 2.35. The van der Waals surface area contributed by atoms with Gasteiger partial charge < -0.3 is 43.7 Å². The van der Waals surface area contributed by atoms with Crippen molar-refractivity contribution in [2.45, 2.75) is 56.6 Å². The summed E-state index contributed by atoms with van der Waals surface area (Å²) in [6.45, 7) is 5.24. The number of aryl methyl sites for hydroxylation is 2. The minimum absolute atomic E-state index is 0.0195. The number of likely N-dealkylation sites (tertiary alicyclic amines) is 1. The average molecular weight is 707 g/mol. The van der Waals surface area contributed by atoms with Crippen molar-refractivity contribution in [1.29, 1.82) is 0 Å². The van der Waals surface area contributed by atoms with E-state index >= 15 is 0 Å². The summed E-state index contributed by atoms with van der Waals surface area (Å²) >= 11 is 0. The van der Waals surface area contributed by atoms with Crippen LogP contribution in [0.5, 0.6) is 23.0 Å². The summed E-state index contributed by atoms with van der Waals surface area (Å²) in [5, 5.41) is 16.4. The summed E-state index contributed by atoms with van der Waals surface area (Å²) in [5.41, 5.74) is 8.32. The van der Waals surface area contributed by atoms with E-state index in [2.05, 4.69) is 17.5 Å². The third-order valence-corrected chi connectivity index (χ3v) is 10.6. The number of phenols is 1. The normalized spacial score (nSPS) is 19.1. The van der Waals surface area contributed by atoms with Crippen molar-refractivity contribution in [2.75, 3.05) is 32.2 Å². The number of hydrogen-bond acceptors (Lipinski definition) is 10. The van der Waals surface area contributed by atoms with Crippen LogP contribution in [-0.2, 0) is 27.9 Å². The second-order valence-corrected chi connectivity index (χ2v) is 14.5. The fourth-order valence-corrected chi connectivity index (χ4v) is 8.02. The molecule has 1 fully saturated rings. The molecule has 50 heavy (non-hydrogen) atoms. The highest BCUT2D eigenvalue weighted by atomic mass is 32.2. The molecular formula is C35H40N5O9S+. The predicted molar refractivity (Wildman–Crippen MR) is 181 cm³/mol. The van der Waals surface area contributed by atoms with Crippen LogP contribution in [0.4, 0.5) is 10.5 Å². The first kappa shape index (κ1) is 34.6. The molecule has 0 saturated carbocycles. The lowest BCUT2D eigenvalue weighted by atomic mass is 9.96. The molecule has 2 aliphatic heterocycles. The smallest absolute Gasteiger partial charge is 0.344 e. The molecule has 15 heteroatoms. The first-order valence-corrected chi connectivity index (χ1v) is 17.6. The number of urea groups is 1. The van der Waals surface area contributed by atoms with Crippen LogP contribution in [0.15, 0.2) is 76.1 Å². The minimum atomic E-state index is -4.22. The van der Waals surface area contributed by atoms with Gasteiger partial charge in [-0.05, 0) is 86.8 Å². The number of amides is 3. The molecule has 0 bridgehead atoms. The molecule has 3 heterocycles. The Morgan fingerprint density at radius 3 is 2.44 bits per heavy atom. The number of aromatic hydroxyl groups is 1. The molecule has 1 unspecified atom stereocenters. The van der Waals surface area contributed by atoms with E-state index in [0.717, 1.165) is 24.1 Å². The van der Waals surface area contributed by atoms with Gasteiger partial charge in [-0.2, -0.15) is 8.42 Å². The first-order valence-electron chi connectivity index (χ1n) is 16.2. The van der Waals surface area contributed by atoms with Gasteiger partial charge >= 0.3 is 16.1 Å². The maximum Gasteiger partial charge on any atom is 0.344 e. The van der Waals surface area contributed by atoms with E-state index in [4.69, 9.17) is 23.9 Å². The van der Waals surface area contributed by atoms with Crippen molar-refractivity contribution in [2.24, 2.45) is 5.73 Å². The SMILES string of the molecule is Cc1noc(C)c1S(=O)(=O)Oc1ccc(NC(=O)N([C@H]2CCC[N+](C)(Cc3ccc4c(c3)OCO4)C2)[C@@H](Cc2ccc(O)cc2)C(N)=O)cc1. The zero-order chi connectivity index (χ0) is 35.6. The Hall–Kier alpha value is -5.28. The molecule has 3 aromatic carbocycles. The molecule has 0 spiro atoms. The summed E-state index contributed by atoms with van der Waals surface area (Å²) in [4.78, 5) is 28.8. The number of benzene rings is 3. The van der Waals surface area contributed by atoms with Gasteiger partial charge in [0.1, 0.15) is 29.8 Å². The van der Waals surface area contributed by atoms with Crippen LogP contribution in [0.2, 0.25) is 0 Å². The van der Waals surface area contributed by atoms with Gasteiger partial charge in [0.25, 0.3) is 0 Å². The van der Waals surface area contributed by atoms with E-state index in [1.807, 2.05) is 18.2 Å². The molecule has 264 valence electrons. The maximum absolute atomic E-state index is 14.2. The summed E-state index contributed by atoms with van der Waals surface area (Å²) < 4.78 is 47.7. The molecule has 3 amide bonds. The number of carbonyl (C=O) groups is 2. The Balaban J connectivity index is 1.24. The maximum atomic E-state index is 14.2. The number of primary amides is 1. The molecule has 2 aliphatic rings. The van der Waals surface area contributed by atoms with Crippen LogP contribution in [0.25, 0.3) is 0 Å². The molecule has 14 nitrogen and oxygen atoms in total. The first-order chi connectivity index (χ1) is 23.8. The molecule has 0 aliphatic carbocycles. The van der Waals surface area contributed by atoms with Gasteiger partial charge in [-0.15, -0.1) is 0 Å². The number of quaternary nitrogens is 1. The number of rotatable bonds is 11. The average Bonchev–Trinajstić information content (AvgIpc) is 3.67. The fraction of sp³-hybridized carbons (Fsp3) is 0.343. The molecule has 6 rings (SSSR count). The third-order valence-electron chi connectivity index (χ3n) is 9.07. The summed E-state index contributed by atoms with van der Waals surface area (Å²) in [6.07, 6.45) is 1.58. The van der Waals surface area contributed by atoms with Gasteiger partial charge in [0.15, 0.2) is 22.2 Å². The number of phenolic OH excluding ortho intramolecular Hbond substituents is 1. The highest BCUT2D eigenvalue weighted by molar-refractivity contribution is 7.87. The van der Waals surface area contributed by atoms with Crippen molar-refractivity contribution in [3.63, 3.8) is 0 Å². The molecule has 4 aromatic rings. The lowest BCUT2D eigenvalue weighted by Crippen LogP contribution is -2.62. The lowest BCUT2D eigenvalue weighted by Gasteiger charge is -2.46. The quantitative estimate of drug-likeness (QED) is 0.151. The number of hydrogen-bond donors (Lipinski definition) is 3. The number of likely N-dealkylation sites (N-methyl/N-ethyl adjacent to an activating group) is 1. The van der Waals surface area contributed by atoms with Crippen molar-refractivity contribution in [1.82, 2.24) is 10.1 Å². The number of fused-ring (bicyclic) bond motifs is 1. The second kappa shape index (κ2) is 13.9. The summed E-state index contributed by atoms with van der Waals surface area (Å²) in [5.74, 6) is 0.939. The standard InChI is InChI=1S/C35H39N5O9S/c1-22-33(23(2)48-38-22)50(44,45)49-29-13-9-26(10-14-29)37-35(43)39(30(34(36)42)17-24-6-11-28(41)12-7-24)27-5-4-16-40(3,20-27)19-25-8-15-31-32(18-25)47-21-46-31/h6-15,18,27,30H,4-5,16-17,19-21H2,1-3H3,(H3-,36,37,41,42,43)/p+1/t27-,30-,40?/m0/s1. The Kier molecular flexibility index (Phi) is 9.62. The number of ether oxygens (including phenoxy) is 2. The molecular weight excluding hydrogens is 666 g/mol. The van der Waals surface area contributed by atoms with Crippen molar-refractivity contribution in [3.05, 3.63) is 89.3 Å². The minimum Gasteiger partial charge on any atom is -0.508 e. The summed E-state index contributed by atoms with van der Waals surface area (Å²) in [6, 6.07) is 16.2. The van der Waals surface area contributed by atoms with E-state index in [9.17, 15) is 23.1 Å². The van der Waals surface area contributed by atoms with Gasteiger partial charge in [0.2, 0.25) is 12.7 Å². The van der Waals surface area contributed by atoms with Crippen molar-refractivity contribution < 1.29 is 45.8 Å². The number of anilines is 1. The van der Waals surface area contributed by atoms with E-state index < -0.39 is 28.1 Å². The van der Waals surface area contributed by atoms with E-state index in [-0.39, 0.29) is 47.1 Å². The van der Waals surface area contributed by atoms with Crippen molar-refractivity contribution in [3.8, 4) is 23.0 Å². The van der Waals surface area contributed by atoms with E-state index in [0.29, 0.717) is 41.2 Å². The van der Waals surface area contributed by atoms with Gasteiger partial charge in [-0.1, -0.05) is 17.3 Å². The van der Waals surface area contributed by atoms with Crippen LogP contribution < -0.4 is 24.7 Å². The number of nitrogens with zero attached hydrogens (tertiary/aromatic N) is 3. The van der Waals surface area contributed by atoms with Crippen LogP contribution in [0.3, 0.4) is 0 Å². The largest absolute Gasteiger partial charge is 0.508 e. The zero-order valence-corrected chi connectivity index (χ0v) is 28.8. The van der Waals surface area contributed by atoms with Crippen LogP contribution in [0, 0.1) is 13.8 Å². The topological polar surface area (TPSA) is 184 Å². The molecule has 0 radical (unpaired) electrons. The number of piperidine rings is 1. The van der Waals surface area contributed by atoms with E-state index in [1.54, 1.807) is 12.1 Å². The number of carbonyl (C=O) groups excluding carboxylic acids is 2. The Morgan fingerprint density at radius 2 is 1.76 bits per heavy atom. The lowest BCUT2D eigenvalue weighted by molar-refractivity contribution is -0.928. The van der Waals surface area contributed by atoms with Gasteiger partial charge in [0.05, 0.1) is 26.2 Å².